The summed E-state index contributed by atoms with van der Waals surface area (Å²) in [7, 11) is 1.63. The average molecular weight is 488 g/mol. The molecule has 1 saturated heterocycles. The molecule has 0 aliphatic carbocycles. The molecule has 7 nitrogen and oxygen atoms in total. The van der Waals surface area contributed by atoms with E-state index >= 15 is 0 Å². The highest BCUT2D eigenvalue weighted by Crippen LogP contribution is 2.34. The Bertz CT molecular complexity index is 1080. The number of anilines is 2. The van der Waals surface area contributed by atoms with Crippen molar-refractivity contribution in [1.82, 2.24) is 15.0 Å². The summed E-state index contributed by atoms with van der Waals surface area (Å²) in [5, 5.41) is 7.28. The second-order valence-electron chi connectivity index (χ2n) is 7.83. The van der Waals surface area contributed by atoms with Crippen molar-refractivity contribution >= 4 is 33.9 Å². The topological polar surface area (TPSA) is 72.4 Å². The van der Waals surface area contributed by atoms with E-state index < -0.39 is 0 Å². The lowest BCUT2D eigenvalue weighted by Gasteiger charge is -2.22. The first kappa shape index (κ1) is 23.7. The summed E-state index contributed by atoms with van der Waals surface area (Å²) in [6.07, 6.45) is 3.38. The van der Waals surface area contributed by atoms with Crippen molar-refractivity contribution in [2.75, 3.05) is 37.0 Å². The number of aromatic nitrogens is 3. The van der Waals surface area contributed by atoms with Gasteiger partial charge in [0.1, 0.15) is 11.6 Å². The molecule has 0 unspecified atom stereocenters. The molecule has 176 valence electrons. The number of thiazole rings is 1. The van der Waals surface area contributed by atoms with Gasteiger partial charge in [-0.1, -0.05) is 25.4 Å². The predicted octanol–water partition coefficient (Wildman–Crippen LogP) is 5.09. The van der Waals surface area contributed by atoms with E-state index in [0.29, 0.717) is 11.6 Å². The molecule has 1 aliphatic heterocycles. The first-order chi connectivity index (χ1) is 16.1. The van der Waals surface area contributed by atoms with Crippen LogP contribution in [0.3, 0.4) is 0 Å². The minimum atomic E-state index is 0.0474. The second kappa shape index (κ2) is 10.7. The lowest BCUT2D eigenvalue weighted by molar-refractivity contribution is 0.0719. The third-order valence-electron chi connectivity index (χ3n) is 5.80. The smallest absolute Gasteiger partial charge is 0.185 e. The van der Waals surface area contributed by atoms with E-state index in [0.717, 1.165) is 65.3 Å². The first-order valence-corrected chi connectivity index (χ1v) is 12.6. The summed E-state index contributed by atoms with van der Waals surface area (Å²) < 4.78 is 11.4. The van der Waals surface area contributed by atoms with E-state index in [-0.39, 0.29) is 12.1 Å². The molecule has 33 heavy (non-hydrogen) atoms. The quantitative estimate of drug-likeness (QED) is 0.450. The van der Waals surface area contributed by atoms with Crippen LogP contribution < -0.4 is 15.0 Å². The number of aryl methyl sites for hydroxylation is 2. The summed E-state index contributed by atoms with van der Waals surface area (Å²) in [6, 6.07) is 5.76. The van der Waals surface area contributed by atoms with Gasteiger partial charge < -0.3 is 19.7 Å². The monoisotopic (exact) mass is 487 g/mol. The van der Waals surface area contributed by atoms with Crippen LogP contribution in [-0.4, -0.2) is 53.9 Å². The Morgan fingerprint density at radius 1 is 1.15 bits per heavy atom. The molecule has 3 aromatic rings. The number of halogens is 1. The predicted molar refractivity (Wildman–Crippen MR) is 135 cm³/mol. The molecule has 4 rings (SSSR count). The van der Waals surface area contributed by atoms with Gasteiger partial charge in [-0.15, -0.1) is 11.3 Å². The standard InChI is InChI=1S/C24H30ClN5O2S/c1-5-18-22(16-9-8-15(31-4)12-17(16)25)27-19(6-2)23(28-18)29-20-13-30(14-21(20)32-7-3)24-26-10-11-33-24/h8-12,20-21H,5-7,13-14H2,1-4H3,(H,28,29)/t20-,21+/m1/s1. The molecule has 1 aliphatic rings. The van der Waals surface area contributed by atoms with Crippen LogP contribution in [0, 0.1) is 0 Å². The normalized spacial score (nSPS) is 18.0. The number of nitrogens with zero attached hydrogens (tertiary/aromatic N) is 4. The fourth-order valence-corrected chi connectivity index (χ4v) is 5.07. The molecule has 9 heteroatoms. The van der Waals surface area contributed by atoms with Crippen molar-refractivity contribution in [3.8, 4) is 17.0 Å². The fraction of sp³-hybridized carbons (Fsp3) is 0.458. The Morgan fingerprint density at radius 2 is 1.97 bits per heavy atom. The molecule has 0 radical (unpaired) electrons. The van der Waals surface area contributed by atoms with E-state index in [9.17, 15) is 0 Å². The van der Waals surface area contributed by atoms with Gasteiger partial charge >= 0.3 is 0 Å². The van der Waals surface area contributed by atoms with Crippen molar-refractivity contribution in [3.05, 3.63) is 46.2 Å². The molecule has 1 aromatic carbocycles. The number of methoxy groups -OCH3 is 1. The zero-order chi connectivity index (χ0) is 23.4. The summed E-state index contributed by atoms with van der Waals surface area (Å²) >= 11 is 8.22. The van der Waals surface area contributed by atoms with E-state index in [1.54, 1.807) is 18.4 Å². The molecule has 2 aromatic heterocycles. The first-order valence-electron chi connectivity index (χ1n) is 11.3. The second-order valence-corrected chi connectivity index (χ2v) is 9.11. The molecule has 1 N–H and O–H groups in total. The third-order valence-corrected chi connectivity index (χ3v) is 6.95. The van der Waals surface area contributed by atoms with Crippen LogP contribution in [0.4, 0.5) is 10.9 Å². The van der Waals surface area contributed by atoms with Gasteiger partial charge in [-0.2, -0.15) is 0 Å². The molecule has 0 bridgehead atoms. The molecular formula is C24H30ClN5O2S. The lowest BCUT2D eigenvalue weighted by Crippen LogP contribution is -2.35. The average Bonchev–Trinajstić information content (AvgIpc) is 3.49. The van der Waals surface area contributed by atoms with Crippen LogP contribution in [0.5, 0.6) is 5.75 Å². The fourth-order valence-electron chi connectivity index (χ4n) is 4.14. The highest BCUT2D eigenvalue weighted by molar-refractivity contribution is 7.13. The van der Waals surface area contributed by atoms with Gasteiger partial charge in [0.25, 0.3) is 0 Å². The number of benzene rings is 1. The van der Waals surface area contributed by atoms with Crippen molar-refractivity contribution in [2.24, 2.45) is 0 Å². The zero-order valence-corrected chi connectivity index (χ0v) is 21.0. The van der Waals surface area contributed by atoms with Gasteiger partial charge in [-0.25, -0.2) is 15.0 Å². The van der Waals surface area contributed by atoms with Gasteiger partial charge in [0, 0.05) is 36.8 Å². The number of nitrogens with one attached hydrogen (secondary N) is 1. The molecule has 0 saturated carbocycles. The van der Waals surface area contributed by atoms with Crippen LogP contribution >= 0.6 is 22.9 Å². The van der Waals surface area contributed by atoms with Crippen LogP contribution in [0.2, 0.25) is 5.02 Å². The maximum Gasteiger partial charge on any atom is 0.185 e. The Hall–Kier alpha value is -2.42. The number of hydrogen-bond donors (Lipinski definition) is 1. The lowest BCUT2D eigenvalue weighted by atomic mass is 10.1. The number of rotatable bonds is 9. The largest absolute Gasteiger partial charge is 0.497 e. The molecule has 0 spiro atoms. The molecule has 3 heterocycles. The summed E-state index contributed by atoms with van der Waals surface area (Å²) in [4.78, 5) is 16.8. The SMILES string of the molecule is CCO[C@H]1CN(c2nccs2)C[C@H]1Nc1nc(CC)c(-c2ccc(OC)cc2Cl)nc1CC. The van der Waals surface area contributed by atoms with E-state index in [4.69, 9.17) is 31.0 Å². The number of ether oxygens (including phenoxy) is 2. The van der Waals surface area contributed by atoms with E-state index in [1.807, 2.05) is 36.7 Å². The maximum atomic E-state index is 6.57. The van der Waals surface area contributed by atoms with Gasteiger partial charge in [-0.05, 0) is 38.0 Å². The summed E-state index contributed by atoms with van der Waals surface area (Å²) in [6.45, 7) is 8.48. The van der Waals surface area contributed by atoms with Gasteiger partial charge in [-0.3, -0.25) is 0 Å². The number of hydrogen-bond acceptors (Lipinski definition) is 8. The molecule has 0 amide bonds. The Morgan fingerprint density at radius 3 is 2.61 bits per heavy atom. The Labute approximate surface area is 204 Å². The van der Waals surface area contributed by atoms with Crippen molar-refractivity contribution in [2.45, 2.75) is 45.8 Å². The highest BCUT2D eigenvalue weighted by atomic mass is 35.5. The summed E-state index contributed by atoms with van der Waals surface area (Å²) in [5.74, 6) is 1.54. The van der Waals surface area contributed by atoms with Crippen molar-refractivity contribution in [3.63, 3.8) is 0 Å². The van der Waals surface area contributed by atoms with Crippen LogP contribution in [0.25, 0.3) is 11.3 Å². The van der Waals surface area contributed by atoms with E-state index in [2.05, 4.69) is 29.0 Å². The highest BCUT2D eigenvalue weighted by Gasteiger charge is 2.35. The minimum absolute atomic E-state index is 0.0474. The summed E-state index contributed by atoms with van der Waals surface area (Å²) in [5.41, 5.74) is 3.51. The molecular weight excluding hydrogens is 458 g/mol. The maximum absolute atomic E-state index is 6.57. The molecule has 1 fully saturated rings. The third kappa shape index (κ3) is 5.08. The van der Waals surface area contributed by atoms with Crippen LogP contribution in [0.15, 0.2) is 29.8 Å². The van der Waals surface area contributed by atoms with Crippen LogP contribution in [0.1, 0.15) is 32.2 Å². The Kier molecular flexibility index (Phi) is 7.67. The zero-order valence-electron chi connectivity index (χ0n) is 19.5. The minimum Gasteiger partial charge on any atom is -0.497 e. The van der Waals surface area contributed by atoms with E-state index in [1.165, 1.54) is 0 Å². The van der Waals surface area contributed by atoms with Crippen molar-refractivity contribution in [1.29, 1.82) is 0 Å². The Balaban J connectivity index is 1.65. The van der Waals surface area contributed by atoms with Crippen molar-refractivity contribution < 1.29 is 9.47 Å². The van der Waals surface area contributed by atoms with Gasteiger partial charge in [0.2, 0.25) is 0 Å². The molecule has 2 atom stereocenters. The van der Waals surface area contributed by atoms with Crippen LogP contribution in [-0.2, 0) is 17.6 Å². The van der Waals surface area contributed by atoms with Gasteiger partial charge in [0.15, 0.2) is 5.13 Å². The van der Waals surface area contributed by atoms with Gasteiger partial charge in [0.05, 0.1) is 41.4 Å².